The van der Waals surface area contributed by atoms with Crippen LogP contribution < -0.4 is 0 Å². The molecular formula is C57H96Br6O9. The van der Waals surface area contributed by atoms with E-state index in [9.17, 15) is 28.8 Å². The summed E-state index contributed by atoms with van der Waals surface area (Å²) in [6, 6.07) is 0. The molecule has 0 amide bonds. The molecule has 0 saturated heterocycles. The zero-order valence-corrected chi connectivity index (χ0v) is 54.2. The first-order chi connectivity index (χ1) is 34.6. The maximum Gasteiger partial charge on any atom is 0.306 e. The minimum atomic E-state index is -0.882. The summed E-state index contributed by atoms with van der Waals surface area (Å²) < 4.78 is 16.8. The van der Waals surface area contributed by atoms with Gasteiger partial charge in [-0.25, -0.2) is 0 Å². The maximum absolute atomic E-state index is 13.0. The van der Waals surface area contributed by atoms with E-state index in [0.717, 1.165) is 141 Å². The van der Waals surface area contributed by atoms with Crippen molar-refractivity contribution in [2.24, 2.45) is 0 Å². The van der Waals surface area contributed by atoms with Gasteiger partial charge in [0.05, 0.1) is 4.83 Å². The fourth-order valence-electron chi connectivity index (χ4n) is 8.16. The molecule has 0 fully saturated rings. The smallest absolute Gasteiger partial charge is 0.306 e. The third-order valence-electron chi connectivity index (χ3n) is 12.8. The standard InChI is InChI=1S/C57H96Br6O9/c1-4-7-10-22-31-46(64)41-52(62)49(59)33-24-15-13-17-27-36-55(67)70-43-48(72-57(69)38-29-18-14-16-25-34-50(60)53(63)42-47(65)32-23-11-8-5-2)44-71-56(68)37-28-20-19-21-30-45(58)39-40-51(61)54(66)35-26-12-9-6-3/h39-40,45,48-53H,4-38,41-44H2,1-3H3/b40-39+. The van der Waals surface area contributed by atoms with Crippen molar-refractivity contribution < 1.29 is 43.0 Å². The summed E-state index contributed by atoms with van der Waals surface area (Å²) in [5.74, 6) is -0.277. The highest BCUT2D eigenvalue weighted by atomic mass is 79.9. The molecule has 72 heavy (non-hydrogen) atoms. The largest absolute Gasteiger partial charge is 0.462 e. The second-order valence-corrected chi connectivity index (χ2v) is 26.7. The van der Waals surface area contributed by atoms with E-state index >= 15 is 0 Å². The van der Waals surface area contributed by atoms with Gasteiger partial charge in [-0.15, -0.1) is 0 Å². The zero-order chi connectivity index (χ0) is 53.6. The zero-order valence-electron chi connectivity index (χ0n) is 44.7. The van der Waals surface area contributed by atoms with Crippen LogP contribution in [-0.4, -0.2) is 83.5 Å². The molecule has 0 aromatic heterocycles. The van der Waals surface area contributed by atoms with Gasteiger partial charge >= 0.3 is 17.9 Å². The third-order valence-corrected chi connectivity index (χ3v) is 19.9. The number of carbonyl (C=O) groups is 6. The van der Waals surface area contributed by atoms with E-state index in [1.807, 2.05) is 12.2 Å². The van der Waals surface area contributed by atoms with E-state index in [1.54, 1.807) is 0 Å². The van der Waals surface area contributed by atoms with Gasteiger partial charge in [0.15, 0.2) is 6.10 Å². The highest BCUT2D eigenvalue weighted by Gasteiger charge is 2.22. The molecule has 0 N–H and O–H groups in total. The number of Topliss-reactive ketones (excluding diaryl/α,β-unsaturated/α-hetero) is 3. The summed E-state index contributed by atoms with van der Waals surface area (Å²) in [6.07, 6.45) is 35.7. The van der Waals surface area contributed by atoms with Gasteiger partial charge < -0.3 is 14.2 Å². The highest BCUT2D eigenvalue weighted by Crippen LogP contribution is 2.27. The number of halogens is 6. The Morgan fingerprint density at radius 2 is 0.722 bits per heavy atom. The molecule has 9 nitrogen and oxygen atoms in total. The van der Waals surface area contributed by atoms with E-state index in [2.05, 4.69) is 116 Å². The number of hydrogen-bond donors (Lipinski definition) is 0. The summed E-state index contributed by atoms with van der Waals surface area (Å²) in [4.78, 5) is 76.2. The van der Waals surface area contributed by atoms with E-state index in [-0.39, 0.29) is 79.2 Å². The topological polar surface area (TPSA) is 130 Å². The van der Waals surface area contributed by atoms with Crippen LogP contribution >= 0.6 is 95.6 Å². The SMILES string of the molecule is CCCCCCC(=O)CC(Br)C(Br)CCCCCCCC(=O)OCC(COC(=O)CCCCCCC(Br)/C=C/C(Br)C(=O)CCCCCC)OC(=O)CCCCCCCC(Br)C(Br)CC(=O)CCCCCC. The van der Waals surface area contributed by atoms with Crippen LogP contribution in [0.3, 0.4) is 0 Å². The van der Waals surface area contributed by atoms with E-state index in [0.29, 0.717) is 62.9 Å². The lowest BCUT2D eigenvalue weighted by molar-refractivity contribution is -0.167. The number of carbonyl (C=O) groups excluding carboxylic acids is 6. The first-order valence-electron chi connectivity index (χ1n) is 28.2. The van der Waals surface area contributed by atoms with E-state index in [1.165, 1.54) is 25.7 Å². The van der Waals surface area contributed by atoms with Gasteiger partial charge in [0.25, 0.3) is 0 Å². The van der Waals surface area contributed by atoms with Gasteiger partial charge in [-0.05, 0) is 57.8 Å². The molecule has 0 spiro atoms. The Morgan fingerprint density at radius 1 is 0.375 bits per heavy atom. The van der Waals surface area contributed by atoms with Crippen LogP contribution in [0.5, 0.6) is 0 Å². The van der Waals surface area contributed by atoms with E-state index in [4.69, 9.17) is 14.2 Å². The molecule has 0 aromatic carbocycles. The summed E-state index contributed by atoms with van der Waals surface area (Å²) in [5.41, 5.74) is 0. The predicted molar refractivity (Wildman–Crippen MR) is 320 cm³/mol. The van der Waals surface area contributed by atoms with Crippen LogP contribution in [0, 0.1) is 0 Å². The van der Waals surface area contributed by atoms with Crippen LogP contribution in [0.15, 0.2) is 12.2 Å². The molecule has 420 valence electrons. The van der Waals surface area contributed by atoms with Gasteiger partial charge in [0.1, 0.15) is 30.6 Å². The van der Waals surface area contributed by atoms with Crippen LogP contribution in [0.2, 0.25) is 0 Å². The van der Waals surface area contributed by atoms with Gasteiger partial charge in [0.2, 0.25) is 0 Å². The molecule has 15 heteroatoms. The van der Waals surface area contributed by atoms with Crippen molar-refractivity contribution in [2.45, 2.75) is 293 Å². The number of rotatable bonds is 52. The lowest BCUT2D eigenvalue weighted by Gasteiger charge is -2.18. The lowest BCUT2D eigenvalue weighted by atomic mass is 10.0. The van der Waals surface area contributed by atoms with Crippen molar-refractivity contribution in [2.75, 3.05) is 13.2 Å². The summed E-state index contributed by atoms with van der Waals surface area (Å²) in [5, 5.41) is 0. The molecule has 0 heterocycles. The normalized spacial score (nSPS) is 14.6. The van der Waals surface area contributed by atoms with Crippen molar-refractivity contribution in [3.8, 4) is 0 Å². The average Bonchev–Trinajstić information content (AvgIpc) is 3.35. The summed E-state index contributed by atoms with van der Waals surface area (Å²) >= 11 is 22.2. The molecule has 0 radical (unpaired) electrons. The molecule has 7 atom stereocenters. The number of hydrogen-bond acceptors (Lipinski definition) is 9. The minimum absolute atomic E-state index is 0.127. The van der Waals surface area contributed by atoms with Gasteiger partial charge in [-0.2, -0.15) is 0 Å². The Bertz CT molecular complexity index is 1430. The number of allylic oxidation sites excluding steroid dienone is 2. The highest BCUT2D eigenvalue weighted by molar-refractivity contribution is 9.12. The first-order valence-corrected chi connectivity index (χ1v) is 33.7. The summed E-state index contributed by atoms with van der Waals surface area (Å²) in [7, 11) is 0. The second-order valence-electron chi connectivity index (χ2n) is 19.8. The molecule has 0 aromatic rings. The van der Waals surface area contributed by atoms with Crippen molar-refractivity contribution in [3.05, 3.63) is 12.2 Å². The van der Waals surface area contributed by atoms with Crippen LogP contribution in [-0.2, 0) is 43.0 Å². The Morgan fingerprint density at radius 3 is 1.15 bits per heavy atom. The van der Waals surface area contributed by atoms with Gasteiger partial charge in [-0.3, -0.25) is 28.8 Å². The number of alkyl halides is 6. The Labute approximate surface area is 488 Å². The van der Waals surface area contributed by atoms with Crippen LogP contribution in [0.4, 0.5) is 0 Å². The number of unbranched alkanes of at least 4 members (excludes halogenated alkanes) is 20. The number of ether oxygens (including phenoxy) is 3. The first kappa shape index (κ1) is 72.0. The fraction of sp³-hybridized carbons (Fsp3) is 0.860. The lowest BCUT2D eigenvalue weighted by Crippen LogP contribution is -2.30. The fourth-order valence-corrected chi connectivity index (χ4v) is 11.3. The Hall–Kier alpha value is 0.0400. The Kier molecular flexibility index (Phi) is 50.6. The van der Waals surface area contributed by atoms with Crippen molar-refractivity contribution in [3.63, 3.8) is 0 Å². The second kappa shape index (κ2) is 50.5. The van der Waals surface area contributed by atoms with E-state index < -0.39 is 12.1 Å². The maximum atomic E-state index is 13.0. The van der Waals surface area contributed by atoms with Crippen LogP contribution in [0.1, 0.15) is 258 Å². The van der Waals surface area contributed by atoms with Crippen molar-refractivity contribution >= 4 is 131 Å². The van der Waals surface area contributed by atoms with Gasteiger partial charge in [0, 0.05) is 75.5 Å². The third kappa shape index (κ3) is 45.1. The molecule has 0 aliphatic carbocycles. The number of ketones is 3. The predicted octanol–water partition coefficient (Wildman–Crippen LogP) is 18.3. The van der Waals surface area contributed by atoms with Crippen molar-refractivity contribution in [1.82, 2.24) is 0 Å². The summed E-state index contributed by atoms with van der Waals surface area (Å²) in [6.45, 7) is 6.17. The number of esters is 3. The molecule has 7 unspecified atom stereocenters. The molecule has 0 rings (SSSR count). The van der Waals surface area contributed by atoms with Crippen molar-refractivity contribution in [1.29, 1.82) is 0 Å². The average molecular weight is 1400 g/mol. The molecular weight excluding hydrogens is 1310 g/mol. The quantitative estimate of drug-likeness (QED) is 0.0192. The molecule has 0 aliphatic heterocycles. The molecule has 0 saturated carbocycles. The van der Waals surface area contributed by atoms with Crippen LogP contribution in [0.25, 0.3) is 0 Å². The van der Waals surface area contributed by atoms with Gasteiger partial charge in [-0.1, -0.05) is 257 Å². The monoisotopic (exact) mass is 1400 g/mol. The molecule has 0 bridgehead atoms. The molecule has 0 aliphatic rings. The minimum Gasteiger partial charge on any atom is -0.462 e. The Balaban J connectivity index is 4.78.